The molecule has 1 aromatic heterocycles. The second-order valence-electron chi connectivity index (χ2n) is 7.44. The minimum absolute atomic E-state index is 0.0143. The van der Waals surface area contributed by atoms with Crippen molar-refractivity contribution in [3.05, 3.63) is 32.6 Å². The summed E-state index contributed by atoms with van der Waals surface area (Å²) in [5, 5.41) is 23.2. The fourth-order valence-electron chi connectivity index (χ4n) is 3.07. The van der Waals surface area contributed by atoms with E-state index in [0.29, 0.717) is 0 Å². The van der Waals surface area contributed by atoms with Crippen molar-refractivity contribution in [1.82, 2.24) is 20.2 Å². The molecule has 5 N–H and O–H groups in total. The predicted molar refractivity (Wildman–Crippen MR) is 110 cm³/mol. The highest BCUT2D eigenvalue weighted by atomic mass is 19.4. The van der Waals surface area contributed by atoms with E-state index in [4.69, 9.17) is 19.3 Å². The van der Waals surface area contributed by atoms with Crippen LogP contribution in [0.3, 0.4) is 0 Å². The van der Waals surface area contributed by atoms with Gasteiger partial charge in [0.1, 0.15) is 12.3 Å². The van der Waals surface area contributed by atoms with Crippen LogP contribution in [-0.2, 0) is 30.2 Å². The van der Waals surface area contributed by atoms with Crippen LogP contribution >= 0.6 is 0 Å². The SMILES string of the molecule is O=C(Cc1cn([C@H]2C[C@H](O)[C@@H](CO)O2)c(=O)[nH]c1=O)NCCOCCOCCNC(=O)C(F)(F)F. The molecule has 198 valence electrons. The third-order valence-corrected chi connectivity index (χ3v) is 4.82. The highest BCUT2D eigenvalue weighted by molar-refractivity contribution is 5.81. The molecule has 2 rings (SSSR count). The molecule has 1 aromatic rings. The van der Waals surface area contributed by atoms with Gasteiger partial charge in [-0.05, 0) is 0 Å². The van der Waals surface area contributed by atoms with Crippen LogP contribution in [0.2, 0.25) is 0 Å². The molecular formula is C19H27F3N4O9. The highest BCUT2D eigenvalue weighted by Crippen LogP contribution is 2.27. The van der Waals surface area contributed by atoms with Crippen molar-refractivity contribution in [2.24, 2.45) is 0 Å². The number of carbonyl (C=O) groups excluding carboxylic acids is 2. The standard InChI is InChI=1S/C19H27F3N4O9/c20-19(21,22)17(31)24-2-4-34-6-5-33-3-1-23-14(29)7-11-9-26(18(32)25-16(11)30)15-8-12(28)13(10-27)35-15/h9,12-13,15,27-28H,1-8,10H2,(H,23,29)(H,24,31)(H,25,30,32)/t12-,13+,15+/m0/s1. The molecule has 1 saturated heterocycles. The van der Waals surface area contributed by atoms with Crippen LogP contribution in [-0.4, -0.2) is 96.1 Å². The fourth-order valence-corrected chi connectivity index (χ4v) is 3.07. The number of carbonyl (C=O) groups is 2. The smallest absolute Gasteiger partial charge is 0.394 e. The summed E-state index contributed by atoms with van der Waals surface area (Å²) in [7, 11) is 0. The summed E-state index contributed by atoms with van der Waals surface area (Å²) in [5.74, 6) is -2.57. The number of aliphatic hydroxyl groups is 2. The van der Waals surface area contributed by atoms with E-state index in [0.717, 1.165) is 4.57 Å². The first-order chi connectivity index (χ1) is 16.5. The maximum absolute atomic E-state index is 12.1. The van der Waals surface area contributed by atoms with Crippen molar-refractivity contribution >= 4 is 11.8 Å². The third kappa shape index (κ3) is 9.06. The van der Waals surface area contributed by atoms with E-state index in [1.807, 2.05) is 0 Å². The van der Waals surface area contributed by atoms with Gasteiger partial charge in [-0.25, -0.2) is 4.79 Å². The summed E-state index contributed by atoms with van der Waals surface area (Å²) < 4.78 is 52.6. The van der Waals surface area contributed by atoms with Crippen molar-refractivity contribution in [1.29, 1.82) is 0 Å². The molecule has 0 spiro atoms. The van der Waals surface area contributed by atoms with Gasteiger partial charge in [-0.3, -0.25) is 23.9 Å². The number of hydrogen-bond donors (Lipinski definition) is 5. The van der Waals surface area contributed by atoms with Crippen molar-refractivity contribution < 1.29 is 47.2 Å². The fraction of sp³-hybridized carbons (Fsp3) is 0.684. The maximum atomic E-state index is 12.1. The summed E-state index contributed by atoms with van der Waals surface area (Å²) in [6.45, 7) is -0.558. The Morgan fingerprint density at radius 3 is 2.34 bits per heavy atom. The van der Waals surface area contributed by atoms with Gasteiger partial charge in [-0.15, -0.1) is 0 Å². The molecule has 0 bridgehead atoms. The molecule has 1 aliphatic rings. The summed E-state index contributed by atoms with van der Waals surface area (Å²) >= 11 is 0. The molecule has 1 aliphatic heterocycles. The number of ether oxygens (including phenoxy) is 3. The predicted octanol–water partition coefficient (Wildman–Crippen LogP) is -2.45. The zero-order valence-electron chi connectivity index (χ0n) is 18.5. The Morgan fingerprint density at radius 1 is 1.14 bits per heavy atom. The molecule has 2 amide bonds. The van der Waals surface area contributed by atoms with Crippen LogP contribution in [0.5, 0.6) is 0 Å². The average Bonchev–Trinajstić information content (AvgIpc) is 3.16. The van der Waals surface area contributed by atoms with Gasteiger partial charge in [0.25, 0.3) is 5.56 Å². The van der Waals surface area contributed by atoms with Crippen molar-refractivity contribution in [3.63, 3.8) is 0 Å². The molecule has 0 aromatic carbocycles. The minimum Gasteiger partial charge on any atom is -0.394 e. The second kappa shape index (κ2) is 13.3. The Labute approximate surface area is 196 Å². The van der Waals surface area contributed by atoms with E-state index in [1.54, 1.807) is 5.32 Å². The maximum Gasteiger partial charge on any atom is 0.471 e. The van der Waals surface area contributed by atoms with Gasteiger partial charge in [0.2, 0.25) is 5.91 Å². The number of nitrogens with one attached hydrogen (secondary N) is 3. The number of amides is 2. The average molecular weight is 512 g/mol. The van der Waals surface area contributed by atoms with Crippen LogP contribution in [0.1, 0.15) is 18.2 Å². The van der Waals surface area contributed by atoms with Gasteiger partial charge < -0.3 is 35.1 Å². The number of rotatable bonds is 13. The van der Waals surface area contributed by atoms with E-state index < -0.39 is 54.3 Å². The molecule has 0 unspecified atom stereocenters. The van der Waals surface area contributed by atoms with E-state index in [-0.39, 0.29) is 57.9 Å². The molecule has 16 heteroatoms. The molecule has 0 radical (unpaired) electrons. The Hall–Kier alpha value is -2.79. The van der Waals surface area contributed by atoms with Crippen molar-refractivity contribution in [2.45, 2.75) is 37.5 Å². The lowest BCUT2D eigenvalue weighted by Gasteiger charge is -2.15. The van der Waals surface area contributed by atoms with Crippen molar-refractivity contribution in [3.8, 4) is 0 Å². The largest absolute Gasteiger partial charge is 0.471 e. The second-order valence-corrected chi connectivity index (χ2v) is 7.44. The Morgan fingerprint density at radius 2 is 1.77 bits per heavy atom. The van der Waals surface area contributed by atoms with Crippen LogP contribution in [0.15, 0.2) is 15.8 Å². The first-order valence-electron chi connectivity index (χ1n) is 10.6. The summed E-state index contributed by atoms with van der Waals surface area (Å²) in [4.78, 5) is 48.9. The van der Waals surface area contributed by atoms with Gasteiger partial charge >= 0.3 is 17.8 Å². The number of aliphatic hydroxyl groups excluding tert-OH is 2. The first kappa shape index (κ1) is 28.4. The molecule has 2 heterocycles. The number of alkyl halides is 3. The molecule has 13 nitrogen and oxygen atoms in total. The molecular weight excluding hydrogens is 485 g/mol. The lowest BCUT2D eigenvalue weighted by Crippen LogP contribution is -2.38. The number of aromatic amines is 1. The monoisotopic (exact) mass is 512 g/mol. The van der Waals surface area contributed by atoms with Gasteiger partial charge in [0, 0.05) is 31.3 Å². The highest BCUT2D eigenvalue weighted by Gasteiger charge is 2.38. The van der Waals surface area contributed by atoms with Gasteiger partial charge in [0.05, 0.1) is 45.6 Å². The summed E-state index contributed by atoms with van der Waals surface area (Å²) in [6, 6.07) is 0. The molecule has 35 heavy (non-hydrogen) atoms. The summed E-state index contributed by atoms with van der Waals surface area (Å²) in [6.07, 6.45) is -6.87. The quantitative estimate of drug-likeness (QED) is 0.179. The lowest BCUT2D eigenvalue weighted by atomic mass is 10.2. The van der Waals surface area contributed by atoms with E-state index in [2.05, 4.69) is 10.3 Å². The summed E-state index contributed by atoms with van der Waals surface area (Å²) in [5.41, 5.74) is -1.55. The van der Waals surface area contributed by atoms with E-state index >= 15 is 0 Å². The lowest BCUT2D eigenvalue weighted by molar-refractivity contribution is -0.173. The molecule has 3 atom stereocenters. The van der Waals surface area contributed by atoms with Crippen LogP contribution in [0, 0.1) is 0 Å². The number of hydrogen-bond acceptors (Lipinski definition) is 9. The van der Waals surface area contributed by atoms with Crippen LogP contribution in [0.25, 0.3) is 0 Å². The Bertz CT molecular complexity index is 966. The third-order valence-electron chi connectivity index (χ3n) is 4.82. The van der Waals surface area contributed by atoms with E-state index in [1.165, 1.54) is 6.20 Å². The zero-order valence-corrected chi connectivity index (χ0v) is 18.5. The van der Waals surface area contributed by atoms with Crippen LogP contribution in [0.4, 0.5) is 13.2 Å². The Balaban J connectivity index is 1.66. The van der Waals surface area contributed by atoms with E-state index in [9.17, 15) is 37.5 Å². The molecule has 1 fully saturated rings. The Kier molecular flexibility index (Phi) is 10.8. The topological polar surface area (TPSA) is 181 Å². The number of nitrogens with zero attached hydrogens (tertiary/aromatic N) is 1. The molecule has 0 saturated carbocycles. The van der Waals surface area contributed by atoms with Crippen molar-refractivity contribution in [2.75, 3.05) is 46.1 Å². The van der Waals surface area contributed by atoms with Gasteiger partial charge in [-0.1, -0.05) is 0 Å². The van der Waals surface area contributed by atoms with Gasteiger partial charge in [0.15, 0.2) is 0 Å². The number of H-pyrrole nitrogens is 1. The first-order valence-corrected chi connectivity index (χ1v) is 10.6. The molecule has 0 aliphatic carbocycles. The minimum atomic E-state index is -4.94. The van der Waals surface area contributed by atoms with Crippen LogP contribution < -0.4 is 21.9 Å². The number of aromatic nitrogens is 2. The van der Waals surface area contributed by atoms with Gasteiger partial charge in [-0.2, -0.15) is 13.2 Å². The normalized spacial score (nSPS) is 20.1. The number of halogens is 3. The zero-order chi connectivity index (χ0) is 26.0.